The van der Waals surface area contributed by atoms with Crippen molar-refractivity contribution >= 4 is 9.84 Å². The molecule has 0 aromatic heterocycles. The van der Waals surface area contributed by atoms with E-state index < -0.39 is 9.84 Å². The van der Waals surface area contributed by atoms with Gasteiger partial charge in [-0.1, -0.05) is 20.8 Å². The lowest BCUT2D eigenvalue weighted by molar-refractivity contribution is 0.0818. The van der Waals surface area contributed by atoms with Crippen LogP contribution in [0.2, 0.25) is 0 Å². The maximum atomic E-state index is 11.2. The normalized spacial score (nSPS) is 13.0. The van der Waals surface area contributed by atoms with Crippen LogP contribution in [-0.2, 0) is 14.6 Å². The van der Waals surface area contributed by atoms with Crippen molar-refractivity contribution < 1.29 is 13.2 Å². The average molecular weight is 251 g/mol. The second-order valence-corrected chi connectivity index (χ2v) is 6.68. The van der Waals surface area contributed by atoms with E-state index in [-0.39, 0.29) is 17.0 Å². The Morgan fingerprint density at radius 2 is 1.75 bits per heavy atom. The Morgan fingerprint density at radius 3 is 2.19 bits per heavy atom. The smallest absolute Gasteiger partial charge is 0.150 e. The summed E-state index contributed by atoms with van der Waals surface area (Å²) >= 11 is 0. The highest BCUT2D eigenvalue weighted by atomic mass is 32.2. The van der Waals surface area contributed by atoms with Gasteiger partial charge in [-0.15, -0.1) is 0 Å². The number of sulfone groups is 1. The van der Waals surface area contributed by atoms with Crippen LogP contribution in [0.15, 0.2) is 0 Å². The van der Waals surface area contributed by atoms with Crippen LogP contribution in [-0.4, -0.2) is 38.7 Å². The predicted octanol–water partition coefficient (Wildman–Crippen LogP) is 1.35. The van der Waals surface area contributed by atoms with E-state index in [1.54, 1.807) is 6.92 Å². The molecule has 0 fully saturated rings. The topological polar surface area (TPSA) is 69.4 Å². The highest BCUT2D eigenvalue weighted by Crippen LogP contribution is 2.11. The van der Waals surface area contributed by atoms with Crippen molar-refractivity contribution in [3.63, 3.8) is 0 Å². The summed E-state index contributed by atoms with van der Waals surface area (Å²) in [6.45, 7) is 6.71. The lowest BCUT2D eigenvalue weighted by atomic mass is 9.96. The number of hydrogen-bond donors (Lipinski definition) is 1. The number of nitrogens with two attached hydrogens (primary N) is 1. The molecule has 16 heavy (non-hydrogen) atoms. The first kappa shape index (κ1) is 15.9. The van der Waals surface area contributed by atoms with Crippen molar-refractivity contribution in [2.24, 2.45) is 5.73 Å². The van der Waals surface area contributed by atoms with Crippen LogP contribution in [0.1, 0.15) is 40.0 Å². The largest absolute Gasteiger partial charge is 0.380 e. The maximum absolute atomic E-state index is 11.2. The zero-order valence-corrected chi connectivity index (χ0v) is 11.5. The first-order valence-electron chi connectivity index (χ1n) is 5.96. The van der Waals surface area contributed by atoms with E-state index in [1.165, 1.54) is 0 Å². The van der Waals surface area contributed by atoms with Crippen molar-refractivity contribution in [3.05, 3.63) is 0 Å². The number of hydrogen-bond acceptors (Lipinski definition) is 4. The predicted molar refractivity (Wildman–Crippen MR) is 67.3 cm³/mol. The quantitative estimate of drug-likeness (QED) is 0.628. The van der Waals surface area contributed by atoms with Gasteiger partial charge in [-0.2, -0.15) is 0 Å². The van der Waals surface area contributed by atoms with Gasteiger partial charge in [0.25, 0.3) is 0 Å². The molecule has 0 saturated carbocycles. The molecular weight excluding hydrogens is 226 g/mol. The van der Waals surface area contributed by atoms with Crippen molar-refractivity contribution in [3.8, 4) is 0 Å². The molecule has 0 aliphatic carbocycles. The zero-order valence-electron chi connectivity index (χ0n) is 10.7. The molecule has 0 heterocycles. The molecule has 98 valence electrons. The van der Waals surface area contributed by atoms with E-state index in [1.807, 2.05) is 13.8 Å². The van der Waals surface area contributed by atoms with E-state index in [4.69, 9.17) is 10.5 Å². The molecule has 0 aromatic rings. The van der Waals surface area contributed by atoms with E-state index in [2.05, 4.69) is 0 Å². The zero-order chi connectivity index (χ0) is 12.7. The minimum absolute atomic E-state index is 0.206. The summed E-state index contributed by atoms with van der Waals surface area (Å²) in [6, 6.07) is 0. The average Bonchev–Trinajstić information content (AvgIpc) is 2.28. The molecule has 0 unspecified atom stereocenters. The minimum atomic E-state index is -2.86. The lowest BCUT2D eigenvalue weighted by Crippen LogP contribution is -2.43. The monoisotopic (exact) mass is 251 g/mol. The van der Waals surface area contributed by atoms with Gasteiger partial charge < -0.3 is 10.5 Å². The summed E-state index contributed by atoms with van der Waals surface area (Å²) in [5.41, 5.74) is 5.79. The third-order valence-corrected chi connectivity index (χ3v) is 4.77. The Hall–Kier alpha value is -0.130. The van der Waals surface area contributed by atoms with Crippen LogP contribution in [0.3, 0.4) is 0 Å². The van der Waals surface area contributed by atoms with E-state index in [0.29, 0.717) is 19.6 Å². The molecule has 0 aliphatic rings. The van der Waals surface area contributed by atoms with Crippen LogP contribution < -0.4 is 5.73 Å². The molecule has 0 amide bonds. The fourth-order valence-electron chi connectivity index (χ4n) is 1.25. The van der Waals surface area contributed by atoms with Crippen molar-refractivity contribution in [2.75, 3.05) is 24.7 Å². The van der Waals surface area contributed by atoms with Crippen LogP contribution in [0.25, 0.3) is 0 Å². The van der Waals surface area contributed by atoms with Gasteiger partial charge in [-0.25, -0.2) is 8.42 Å². The summed E-state index contributed by atoms with van der Waals surface area (Å²) in [6.07, 6.45) is 2.30. The summed E-state index contributed by atoms with van der Waals surface area (Å²) < 4.78 is 27.8. The first-order valence-corrected chi connectivity index (χ1v) is 7.78. The molecular formula is C11H25NO3S. The van der Waals surface area contributed by atoms with Crippen LogP contribution in [0, 0.1) is 0 Å². The maximum Gasteiger partial charge on any atom is 0.150 e. The summed E-state index contributed by atoms with van der Waals surface area (Å²) in [7, 11) is -2.86. The van der Waals surface area contributed by atoms with Crippen molar-refractivity contribution in [2.45, 2.75) is 45.6 Å². The second-order valence-electron chi connectivity index (χ2n) is 4.21. The second kappa shape index (κ2) is 7.25. The van der Waals surface area contributed by atoms with Gasteiger partial charge in [0, 0.05) is 17.9 Å². The number of rotatable bonds is 9. The van der Waals surface area contributed by atoms with Crippen molar-refractivity contribution in [1.82, 2.24) is 0 Å². The molecule has 0 saturated heterocycles. The van der Waals surface area contributed by atoms with E-state index >= 15 is 0 Å². The standard InChI is InChI=1S/C11H25NO3S/c1-4-11(12,5-2)10-15-8-7-9-16(13,14)6-3/h4-10,12H2,1-3H3. The number of ether oxygens (including phenoxy) is 1. The molecule has 4 nitrogen and oxygen atoms in total. The van der Waals surface area contributed by atoms with Crippen LogP contribution >= 0.6 is 0 Å². The lowest BCUT2D eigenvalue weighted by Gasteiger charge is -2.26. The van der Waals surface area contributed by atoms with E-state index in [0.717, 1.165) is 12.8 Å². The molecule has 0 spiro atoms. The van der Waals surface area contributed by atoms with Gasteiger partial charge in [0.05, 0.1) is 12.4 Å². The Morgan fingerprint density at radius 1 is 1.19 bits per heavy atom. The first-order chi connectivity index (χ1) is 7.39. The molecule has 0 radical (unpaired) electrons. The highest BCUT2D eigenvalue weighted by Gasteiger charge is 2.20. The molecule has 0 aromatic carbocycles. The highest BCUT2D eigenvalue weighted by molar-refractivity contribution is 7.91. The Bertz CT molecular complexity index is 271. The van der Waals surface area contributed by atoms with Gasteiger partial charge >= 0.3 is 0 Å². The van der Waals surface area contributed by atoms with Crippen LogP contribution in [0.4, 0.5) is 0 Å². The Labute approximate surface area is 99.5 Å². The molecule has 0 aliphatic heterocycles. The fraction of sp³-hybridized carbons (Fsp3) is 1.00. The SMILES string of the molecule is CCC(N)(CC)COCCCS(=O)(=O)CC. The summed E-state index contributed by atoms with van der Waals surface area (Å²) in [4.78, 5) is 0. The summed E-state index contributed by atoms with van der Waals surface area (Å²) in [5, 5.41) is 0. The minimum Gasteiger partial charge on any atom is -0.380 e. The third kappa shape index (κ3) is 6.45. The fourth-order valence-corrected chi connectivity index (χ4v) is 2.10. The van der Waals surface area contributed by atoms with Gasteiger partial charge in [0.15, 0.2) is 0 Å². The van der Waals surface area contributed by atoms with Gasteiger partial charge in [-0.3, -0.25) is 0 Å². The van der Waals surface area contributed by atoms with Gasteiger partial charge in [0.1, 0.15) is 9.84 Å². The molecule has 5 heteroatoms. The summed E-state index contributed by atoms with van der Waals surface area (Å²) in [5.74, 6) is 0.414. The van der Waals surface area contributed by atoms with E-state index in [9.17, 15) is 8.42 Å². The third-order valence-electron chi connectivity index (χ3n) is 2.98. The Balaban J connectivity index is 3.69. The van der Waals surface area contributed by atoms with Crippen molar-refractivity contribution in [1.29, 1.82) is 0 Å². The molecule has 2 N–H and O–H groups in total. The van der Waals surface area contributed by atoms with Gasteiger partial charge in [-0.05, 0) is 19.3 Å². The van der Waals surface area contributed by atoms with Crippen LogP contribution in [0.5, 0.6) is 0 Å². The Kier molecular flexibility index (Phi) is 7.19. The molecule has 0 atom stereocenters. The van der Waals surface area contributed by atoms with Gasteiger partial charge in [0.2, 0.25) is 0 Å². The molecule has 0 rings (SSSR count). The molecule has 0 bridgehead atoms.